The molecule has 0 heteroatoms. The lowest BCUT2D eigenvalue weighted by molar-refractivity contribution is 0.626. The van der Waals surface area contributed by atoms with E-state index in [1.807, 2.05) is 18.2 Å². The summed E-state index contributed by atoms with van der Waals surface area (Å²) in [6, 6.07) is 0. The van der Waals surface area contributed by atoms with E-state index in [0.29, 0.717) is 5.92 Å². The van der Waals surface area contributed by atoms with E-state index < -0.39 is 0 Å². The normalized spacial score (nSPS) is 26.7. The Hall–Kier alpha value is -2.08. The molecule has 0 N–H and O–H groups in total. The smallest absolute Gasteiger partial charge is 0.00202 e. The van der Waals surface area contributed by atoms with Crippen molar-refractivity contribution in [2.75, 3.05) is 0 Å². The predicted octanol–water partition coefficient (Wildman–Crippen LogP) is 9.09. The molecule has 0 aromatic rings. The lowest BCUT2D eigenvalue weighted by Crippen LogP contribution is -2.07. The minimum atomic E-state index is 0.514. The number of allylic oxidation sites excluding steroid dienone is 13. The zero-order valence-electron chi connectivity index (χ0n) is 20.0. The van der Waals surface area contributed by atoms with E-state index in [4.69, 9.17) is 0 Å². The zero-order valence-corrected chi connectivity index (χ0v) is 20.0. The molecular weight excluding hydrogens is 360 g/mol. The third-order valence-corrected chi connectivity index (χ3v) is 7.44. The van der Waals surface area contributed by atoms with Crippen molar-refractivity contribution in [3.8, 4) is 0 Å². The summed E-state index contributed by atoms with van der Waals surface area (Å²) in [5.41, 5.74) is 8.21. The highest BCUT2D eigenvalue weighted by Gasteiger charge is 2.44. The second-order valence-electron chi connectivity index (χ2n) is 9.09. The van der Waals surface area contributed by atoms with E-state index in [1.165, 1.54) is 46.3 Å². The van der Waals surface area contributed by atoms with Gasteiger partial charge in [-0.2, -0.15) is 0 Å². The first-order chi connectivity index (χ1) is 14.4. The first-order valence-corrected chi connectivity index (χ1v) is 11.8. The van der Waals surface area contributed by atoms with Crippen molar-refractivity contribution in [3.05, 3.63) is 95.7 Å². The first kappa shape index (κ1) is 24.2. The highest BCUT2D eigenvalue weighted by atomic mass is 14.5. The van der Waals surface area contributed by atoms with Crippen molar-refractivity contribution >= 4 is 0 Å². The molecule has 0 aromatic heterocycles. The molecular formula is C30H42. The molecule has 30 heavy (non-hydrogen) atoms. The van der Waals surface area contributed by atoms with Crippen LogP contribution in [0.1, 0.15) is 66.7 Å². The Bertz CT molecular complexity index is 805. The fourth-order valence-corrected chi connectivity index (χ4v) is 4.89. The molecule has 0 aromatic carbocycles. The lowest BCUT2D eigenvalue weighted by atomic mass is 9.79. The van der Waals surface area contributed by atoms with E-state index in [0.717, 1.165) is 37.0 Å². The van der Waals surface area contributed by atoms with Crippen LogP contribution in [0.2, 0.25) is 0 Å². The molecule has 4 unspecified atom stereocenters. The largest absolute Gasteiger partial charge is 0.0991 e. The molecule has 0 aliphatic heterocycles. The third kappa shape index (κ3) is 5.75. The maximum atomic E-state index is 4.31. The van der Waals surface area contributed by atoms with Gasteiger partial charge in [0.1, 0.15) is 0 Å². The molecule has 0 heterocycles. The molecule has 1 saturated carbocycles. The van der Waals surface area contributed by atoms with E-state index >= 15 is 0 Å². The molecule has 4 atom stereocenters. The highest BCUT2D eigenvalue weighted by molar-refractivity contribution is 5.60. The Morgan fingerprint density at radius 2 is 1.90 bits per heavy atom. The van der Waals surface area contributed by atoms with Gasteiger partial charge in [-0.15, -0.1) is 0 Å². The standard InChI is InChI=1S/C30H42/c1-9-13-14-15-26-20-25(11-3)23(7)28(17-16-22(6)21(5)10-2)30(26)19-18-29-24(8)27(29)12-4/h9,11,13-17,21,24,27,29H,1,3,6,10,12,18-20H2,2,4-5,7-8H3/b14-13-,17-16-,26-15+. The first-order valence-electron chi connectivity index (χ1n) is 11.8. The fourth-order valence-electron chi connectivity index (χ4n) is 4.89. The van der Waals surface area contributed by atoms with Crippen LogP contribution in [0.3, 0.4) is 0 Å². The third-order valence-electron chi connectivity index (χ3n) is 7.44. The van der Waals surface area contributed by atoms with Crippen LogP contribution in [0.4, 0.5) is 0 Å². The van der Waals surface area contributed by atoms with Gasteiger partial charge in [0, 0.05) is 0 Å². The van der Waals surface area contributed by atoms with Crippen LogP contribution in [0.25, 0.3) is 0 Å². The van der Waals surface area contributed by atoms with Crippen molar-refractivity contribution in [1.29, 1.82) is 0 Å². The Balaban J connectivity index is 2.45. The van der Waals surface area contributed by atoms with Gasteiger partial charge in [0.25, 0.3) is 0 Å². The van der Waals surface area contributed by atoms with Crippen molar-refractivity contribution in [2.45, 2.75) is 66.7 Å². The Labute approximate surface area is 186 Å². The molecule has 0 bridgehead atoms. The minimum Gasteiger partial charge on any atom is -0.0991 e. The summed E-state index contributed by atoms with van der Waals surface area (Å²) in [7, 11) is 0. The average Bonchev–Trinajstić information content (AvgIpc) is 3.39. The van der Waals surface area contributed by atoms with Crippen molar-refractivity contribution in [3.63, 3.8) is 0 Å². The molecule has 162 valence electrons. The second-order valence-corrected chi connectivity index (χ2v) is 9.09. The van der Waals surface area contributed by atoms with E-state index in [1.54, 1.807) is 0 Å². The van der Waals surface area contributed by atoms with Crippen LogP contribution in [0.5, 0.6) is 0 Å². The summed E-state index contributed by atoms with van der Waals surface area (Å²) < 4.78 is 0. The van der Waals surface area contributed by atoms with Gasteiger partial charge in [-0.05, 0) is 84.1 Å². The van der Waals surface area contributed by atoms with Crippen LogP contribution in [0.15, 0.2) is 95.7 Å². The summed E-state index contributed by atoms with van der Waals surface area (Å²) in [5, 5.41) is 0. The van der Waals surface area contributed by atoms with Gasteiger partial charge >= 0.3 is 0 Å². The van der Waals surface area contributed by atoms with Crippen LogP contribution >= 0.6 is 0 Å². The van der Waals surface area contributed by atoms with Gasteiger partial charge in [0.2, 0.25) is 0 Å². The number of hydrogen-bond donors (Lipinski definition) is 0. The summed E-state index contributed by atoms with van der Waals surface area (Å²) in [5.74, 6) is 3.21. The maximum Gasteiger partial charge on any atom is -0.00202 e. The Morgan fingerprint density at radius 1 is 1.17 bits per heavy atom. The predicted molar refractivity (Wildman–Crippen MR) is 135 cm³/mol. The summed E-state index contributed by atoms with van der Waals surface area (Å²) >= 11 is 0. The SMILES string of the molecule is C=C/C=C\C=C1/CC(C=C)=C(C)C(/C=C\C(=C)C(C)CC)=C1CCC1C(C)C1CC. The molecule has 1 fully saturated rings. The van der Waals surface area contributed by atoms with Gasteiger partial charge < -0.3 is 0 Å². The molecule has 0 spiro atoms. The molecule has 0 radical (unpaired) electrons. The molecule has 0 saturated heterocycles. The molecule has 0 nitrogen and oxygen atoms in total. The van der Waals surface area contributed by atoms with Gasteiger partial charge in [0.15, 0.2) is 0 Å². The summed E-state index contributed by atoms with van der Waals surface area (Å²) in [6.45, 7) is 23.7. The Kier molecular flexibility index (Phi) is 9.15. The maximum absolute atomic E-state index is 4.31. The van der Waals surface area contributed by atoms with Gasteiger partial charge in [-0.1, -0.05) is 102 Å². The number of rotatable bonds is 11. The molecule has 2 aliphatic rings. The fraction of sp³-hybridized carbons (Fsp3) is 0.467. The van der Waals surface area contributed by atoms with Gasteiger partial charge in [-0.3, -0.25) is 0 Å². The van der Waals surface area contributed by atoms with E-state index in [9.17, 15) is 0 Å². The quantitative estimate of drug-likeness (QED) is 0.302. The molecule has 0 amide bonds. The molecule has 2 aliphatic carbocycles. The average molecular weight is 403 g/mol. The van der Waals surface area contributed by atoms with Crippen molar-refractivity contribution < 1.29 is 0 Å². The lowest BCUT2D eigenvalue weighted by Gasteiger charge is -2.25. The van der Waals surface area contributed by atoms with Crippen molar-refractivity contribution in [2.24, 2.45) is 23.7 Å². The zero-order chi connectivity index (χ0) is 22.3. The van der Waals surface area contributed by atoms with Crippen LogP contribution < -0.4 is 0 Å². The van der Waals surface area contributed by atoms with Crippen LogP contribution in [-0.2, 0) is 0 Å². The Morgan fingerprint density at radius 3 is 2.47 bits per heavy atom. The van der Waals surface area contributed by atoms with Crippen LogP contribution in [0, 0.1) is 23.7 Å². The monoisotopic (exact) mass is 402 g/mol. The summed E-state index contributed by atoms with van der Waals surface area (Å²) in [6.07, 6.45) is 20.7. The highest BCUT2D eigenvalue weighted by Crippen LogP contribution is 2.52. The topological polar surface area (TPSA) is 0 Å². The van der Waals surface area contributed by atoms with Crippen LogP contribution in [-0.4, -0.2) is 0 Å². The summed E-state index contributed by atoms with van der Waals surface area (Å²) in [4.78, 5) is 0. The van der Waals surface area contributed by atoms with E-state index in [-0.39, 0.29) is 0 Å². The van der Waals surface area contributed by atoms with Gasteiger partial charge in [0.05, 0.1) is 0 Å². The van der Waals surface area contributed by atoms with Crippen molar-refractivity contribution in [1.82, 2.24) is 0 Å². The van der Waals surface area contributed by atoms with Gasteiger partial charge in [-0.25, -0.2) is 0 Å². The van der Waals surface area contributed by atoms with E-state index in [2.05, 4.69) is 78.7 Å². The number of hydrogen-bond acceptors (Lipinski definition) is 0. The minimum absolute atomic E-state index is 0.514. The molecule has 2 rings (SSSR count). The second kappa shape index (κ2) is 11.3.